The Morgan fingerprint density at radius 2 is 2.05 bits per heavy atom. The summed E-state index contributed by atoms with van der Waals surface area (Å²) in [6.45, 7) is 0. The molecule has 1 aromatic heterocycles. The van der Waals surface area contributed by atoms with Crippen molar-refractivity contribution >= 4 is 39.2 Å². The molecule has 0 aliphatic heterocycles. The maximum atomic E-state index is 11.0. The highest BCUT2D eigenvalue weighted by Crippen LogP contribution is 2.28. The van der Waals surface area contributed by atoms with E-state index in [9.17, 15) is 20.0 Å². The Kier molecular flexibility index (Phi) is 3.59. The zero-order valence-corrected chi connectivity index (χ0v) is 11.5. The summed E-state index contributed by atoms with van der Waals surface area (Å²) in [4.78, 5) is 21.0. The van der Waals surface area contributed by atoms with Crippen LogP contribution in [0.15, 0.2) is 34.9 Å². The number of aromatic nitrogens is 1. The Labute approximate surface area is 120 Å². The van der Waals surface area contributed by atoms with Crippen molar-refractivity contribution in [3.63, 3.8) is 0 Å². The second-order valence-electron chi connectivity index (χ2n) is 3.59. The van der Waals surface area contributed by atoms with E-state index >= 15 is 0 Å². The lowest BCUT2D eigenvalue weighted by Gasteiger charge is -2.11. The SMILES string of the molecule is O=C([O-])c1cc(Br)cn1-c1ccc([N+](=O)[O-])cc1Cl. The van der Waals surface area contributed by atoms with Crippen LogP contribution in [0.5, 0.6) is 0 Å². The first-order valence-electron chi connectivity index (χ1n) is 4.93. The quantitative estimate of drug-likeness (QED) is 0.630. The molecule has 0 aliphatic rings. The van der Waals surface area contributed by atoms with E-state index in [4.69, 9.17) is 11.6 Å². The molecule has 0 bridgehead atoms. The van der Waals surface area contributed by atoms with Crippen LogP contribution in [-0.2, 0) is 0 Å². The van der Waals surface area contributed by atoms with Gasteiger partial charge in [-0.2, -0.15) is 0 Å². The molecule has 1 heterocycles. The maximum absolute atomic E-state index is 11.0. The van der Waals surface area contributed by atoms with Gasteiger partial charge in [-0.05, 0) is 28.1 Å². The number of aromatic carboxylic acids is 1. The summed E-state index contributed by atoms with van der Waals surface area (Å²) in [5.41, 5.74) is 0.0368. The fraction of sp³-hybridized carbons (Fsp3) is 0. The molecule has 0 unspecified atom stereocenters. The number of nitrogens with zero attached hydrogens (tertiary/aromatic N) is 2. The number of non-ortho nitro benzene ring substituents is 1. The van der Waals surface area contributed by atoms with Crippen LogP contribution in [-0.4, -0.2) is 15.5 Å². The third-order valence-electron chi connectivity index (χ3n) is 2.40. The Balaban J connectivity index is 2.59. The van der Waals surface area contributed by atoms with Gasteiger partial charge in [0.05, 0.1) is 27.3 Å². The lowest BCUT2D eigenvalue weighted by atomic mass is 10.2. The number of benzene rings is 1. The van der Waals surface area contributed by atoms with Gasteiger partial charge in [-0.1, -0.05) is 11.6 Å². The number of hydrogen-bond donors (Lipinski definition) is 0. The van der Waals surface area contributed by atoms with Crippen molar-refractivity contribution in [1.29, 1.82) is 0 Å². The number of carbonyl (C=O) groups is 1. The predicted octanol–water partition coefficient (Wildman–Crippen LogP) is 2.16. The van der Waals surface area contributed by atoms with Gasteiger partial charge >= 0.3 is 0 Å². The molecule has 0 atom stereocenters. The zero-order valence-electron chi connectivity index (χ0n) is 9.17. The molecule has 0 N–H and O–H groups in total. The molecule has 0 amide bonds. The second-order valence-corrected chi connectivity index (χ2v) is 4.92. The molecule has 8 heteroatoms. The van der Waals surface area contributed by atoms with Crippen LogP contribution in [0.3, 0.4) is 0 Å². The third-order valence-corrected chi connectivity index (χ3v) is 3.13. The lowest BCUT2D eigenvalue weighted by molar-refractivity contribution is -0.384. The average Bonchev–Trinajstić information content (AvgIpc) is 2.71. The minimum atomic E-state index is -1.37. The summed E-state index contributed by atoms with van der Waals surface area (Å²) in [6.07, 6.45) is 1.48. The number of carbonyl (C=O) groups excluding carboxylic acids is 1. The van der Waals surface area contributed by atoms with Crippen molar-refractivity contribution in [2.24, 2.45) is 0 Å². The van der Waals surface area contributed by atoms with Crippen LogP contribution in [0.2, 0.25) is 5.02 Å². The van der Waals surface area contributed by atoms with Crippen LogP contribution in [0, 0.1) is 10.1 Å². The number of halogens is 2. The number of carboxylic acids is 1. The molecule has 0 radical (unpaired) electrons. The lowest BCUT2D eigenvalue weighted by Crippen LogP contribution is -2.25. The fourth-order valence-electron chi connectivity index (χ4n) is 1.59. The minimum absolute atomic E-state index is 0.0693. The molecule has 1 aromatic carbocycles. The van der Waals surface area contributed by atoms with Crippen LogP contribution in [0.1, 0.15) is 10.5 Å². The van der Waals surface area contributed by atoms with Gasteiger partial charge < -0.3 is 14.5 Å². The van der Waals surface area contributed by atoms with E-state index in [1.165, 1.54) is 29.0 Å². The molecule has 98 valence electrons. The van der Waals surface area contributed by atoms with Gasteiger partial charge in [0.1, 0.15) is 0 Å². The van der Waals surface area contributed by atoms with Gasteiger partial charge in [-0.15, -0.1) is 0 Å². The zero-order chi connectivity index (χ0) is 14.2. The van der Waals surface area contributed by atoms with Gasteiger partial charge in [0.15, 0.2) is 0 Å². The van der Waals surface area contributed by atoms with Gasteiger partial charge in [0, 0.05) is 22.8 Å². The van der Waals surface area contributed by atoms with Crippen LogP contribution >= 0.6 is 27.5 Å². The first-order valence-corrected chi connectivity index (χ1v) is 6.11. The van der Waals surface area contributed by atoms with E-state index in [0.717, 1.165) is 6.07 Å². The van der Waals surface area contributed by atoms with E-state index in [0.29, 0.717) is 10.2 Å². The number of nitro benzene ring substituents is 1. The molecule has 6 nitrogen and oxygen atoms in total. The first-order chi connectivity index (χ1) is 8.90. The van der Waals surface area contributed by atoms with E-state index < -0.39 is 10.9 Å². The van der Waals surface area contributed by atoms with Crippen molar-refractivity contribution in [2.75, 3.05) is 0 Å². The molecule has 2 rings (SSSR count). The van der Waals surface area contributed by atoms with Gasteiger partial charge in [-0.25, -0.2) is 0 Å². The van der Waals surface area contributed by atoms with Gasteiger partial charge in [0.25, 0.3) is 5.69 Å². The normalized spacial score (nSPS) is 10.4. The van der Waals surface area contributed by atoms with E-state index in [1.54, 1.807) is 0 Å². The molecule has 19 heavy (non-hydrogen) atoms. The highest BCUT2D eigenvalue weighted by atomic mass is 79.9. The van der Waals surface area contributed by atoms with Crippen LogP contribution in [0.4, 0.5) is 5.69 Å². The van der Waals surface area contributed by atoms with Gasteiger partial charge in [-0.3, -0.25) is 10.1 Å². The Bertz CT molecular complexity index is 683. The summed E-state index contributed by atoms with van der Waals surface area (Å²) < 4.78 is 1.81. The monoisotopic (exact) mass is 343 g/mol. The number of nitro groups is 1. The smallest absolute Gasteiger partial charge is 0.271 e. The van der Waals surface area contributed by atoms with E-state index in [1.807, 2.05) is 0 Å². The highest BCUT2D eigenvalue weighted by Gasteiger charge is 2.14. The number of carboxylic acid groups (broad SMARTS) is 1. The standard InChI is InChI=1S/C11H6BrClN2O4/c12-6-3-10(11(16)17)14(5-6)9-2-1-7(15(18)19)4-8(9)13/h1-5H,(H,16,17)/p-1. The Morgan fingerprint density at radius 3 is 2.58 bits per heavy atom. The summed E-state index contributed by atoms with van der Waals surface area (Å²) in [5, 5.41) is 21.7. The topological polar surface area (TPSA) is 88.2 Å². The van der Waals surface area contributed by atoms with Crippen molar-refractivity contribution in [1.82, 2.24) is 4.57 Å². The Hall–Kier alpha value is -1.86. The van der Waals surface area contributed by atoms with Crippen LogP contribution in [0.25, 0.3) is 5.69 Å². The molecular formula is C11H5BrClN2O4-. The Morgan fingerprint density at radius 1 is 1.37 bits per heavy atom. The third kappa shape index (κ3) is 2.61. The number of hydrogen-bond acceptors (Lipinski definition) is 4. The largest absolute Gasteiger partial charge is 0.543 e. The second kappa shape index (κ2) is 5.02. The van der Waals surface area contributed by atoms with Crippen molar-refractivity contribution in [3.8, 4) is 5.69 Å². The van der Waals surface area contributed by atoms with Crippen LogP contribution < -0.4 is 5.11 Å². The molecular weight excluding hydrogens is 339 g/mol. The fourth-order valence-corrected chi connectivity index (χ4v) is 2.28. The van der Waals surface area contributed by atoms with E-state index in [-0.39, 0.29) is 16.4 Å². The van der Waals surface area contributed by atoms with Crippen molar-refractivity contribution < 1.29 is 14.8 Å². The molecule has 0 fully saturated rings. The maximum Gasteiger partial charge on any atom is 0.271 e. The summed E-state index contributed by atoms with van der Waals surface area (Å²) in [5.74, 6) is -1.37. The van der Waals surface area contributed by atoms with Crippen molar-refractivity contribution in [2.45, 2.75) is 0 Å². The molecule has 0 saturated heterocycles. The average molecular weight is 345 g/mol. The molecule has 0 saturated carbocycles. The first kappa shape index (κ1) is 13.6. The van der Waals surface area contributed by atoms with Gasteiger partial charge in [0.2, 0.25) is 0 Å². The summed E-state index contributed by atoms with van der Waals surface area (Å²) in [7, 11) is 0. The van der Waals surface area contributed by atoms with Crippen molar-refractivity contribution in [3.05, 3.63) is 55.8 Å². The molecule has 0 aliphatic carbocycles. The van der Waals surface area contributed by atoms with E-state index in [2.05, 4.69) is 15.9 Å². The highest BCUT2D eigenvalue weighted by molar-refractivity contribution is 9.10. The summed E-state index contributed by atoms with van der Waals surface area (Å²) in [6, 6.07) is 5.13. The molecule has 0 spiro atoms. The predicted molar refractivity (Wildman–Crippen MR) is 69.5 cm³/mol. The number of rotatable bonds is 3. The molecule has 2 aromatic rings. The summed E-state index contributed by atoms with van der Waals surface area (Å²) >= 11 is 9.09. The minimum Gasteiger partial charge on any atom is -0.543 e.